The van der Waals surface area contributed by atoms with Gasteiger partial charge < -0.3 is 9.47 Å². The van der Waals surface area contributed by atoms with E-state index in [4.69, 9.17) is 14.5 Å². The molecule has 0 atom stereocenters. The molecule has 0 aliphatic carbocycles. The van der Waals surface area contributed by atoms with Crippen LogP contribution in [0.4, 0.5) is 0 Å². The van der Waals surface area contributed by atoms with Gasteiger partial charge in [0, 0.05) is 31.4 Å². The van der Waals surface area contributed by atoms with Gasteiger partial charge in [0.05, 0.1) is 42.7 Å². The van der Waals surface area contributed by atoms with E-state index in [1.807, 2.05) is 19.2 Å². The van der Waals surface area contributed by atoms with Crippen LogP contribution in [-0.4, -0.2) is 62.4 Å². The fraction of sp³-hybridized carbons (Fsp3) is 0.440. The maximum absolute atomic E-state index is 5.86. The van der Waals surface area contributed by atoms with Crippen LogP contribution in [0.2, 0.25) is 0 Å². The molecule has 0 radical (unpaired) electrons. The zero-order chi connectivity index (χ0) is 21.9. The Morgan fingerprint density at radius 1 is 1.09 bits per heavy atom. The summed E-state index contributed by atoms with van der Waals surface area (Å²) in [6, 6.07) is 8.43. The topological polar surface area (TPSA) is 77.7 Å². The zero-order valence-corrected chi connectivity index (χ0v) is 18.6. The second-order valence-electron chi connectivity index (χ2n) is 8.20. The van der Waals surface area contributed by atoms with Crippen molar-refractivity contribution in [1.29, 1.82) is 0 Å². The number of ether oxygens (including phenoxy) is 2. The minimum atomic E-state index is 0. The third kappa shape index (κ3) is 4.82. The standard InChI is InChI=1S/C24H28N6O2.CH4/c1-3-4-9-32-20-13-19(14-25-15-20)24-28-27-23-17(2)26-21-6-5-18(12-22(21)30(23)24)16-29-7-10-31-11-8-29;/h5-6,12-15H,3-4,7-11,16H2,1-2H3;1H4. The van der Waals surface area contributed by atoms with Crippen LogP contribution >= 0.6 is 0 Å². The van der Waals surface area contributed by atoms with E-state index in [1.165, 1.54) is 5.56 Å². The summed E-state index contributed by atoms with van der Waals surface area (Å²) in [5, 5.41) is 8.96. The van der Waals surface area contributed by atoms with E-state index in [0.717, 1.165) is 85.2 Å². The highest BCUT2D eigenvalue weighted by Gasteiger charge is 2.17. The van der Waals surface area contributed by atoms with Crippen molar-refractivity contribution in [2.24, 2.45) is 0 Å². The second-order valence-corrected chi connectivity index (χ2v) is 8.20. The molecular weight excluding hydrogens is 416 g/mol. The average molecular weight is 449 g/mol. The van der Waals surface area contributed by atoms with Crippen LogP contribution in [-0.2, 0) is 11.3 Å². The molecular formula is C25H32N6O2. The molecule has 4 aromatic rings. The van der Waals surface area contributed by atoms with Crippen LogP contribution in [0.5, 0.6) is 5.75 Å². The molecule has 1 aliphatic heterocycles. The first-order chi connectivity index (χ1) is 15.7. The smallest absolute Gasteiger partial charge is 0.183 e. The summed E-state index contributed by atoms with van der Waals surface area (Å²) in [6.07, 6.45) is 5.66. The summed E-state index contributed by atoms with van der Waals surface area (Å²) in [5.74, 6) is 1.49. The van der Waals surface area contributed by atoms with Gasteiger partial charge in [-0.2, -0.15) is 0 Å². The highest BCUT2D eigenvalue weighted by atomic mass is 16.5. The minimum absolute atomic E-state index is 0. The molecule has 1 aliphatic rings. The maximum Gasteiger partial charge on any atom is 0.183 e. The molecule has 33 heavy (non-hydrogen) atoms. The van der Waals surface area contributed by atoms with Gasteiger partial charge in [-0.05, 0) is 37.1 Å². The summed E-state index contributed by atoms with van der Waals surface area (Å²) in [6.45, 7) is 9.16. The van der Waals surface area contributed by atoms with E-state index >= 15 is 0 Å². The highest BCUT2D eigenvalue weighted by molar-refractivity contribution is 5.81. The number of benzene rings is 1. The molecule has 4 heterocycles. The van der Waals surface area contributed by atoms with Gasteiger partial charge in [0.1, 0.15) is 5.75 Å². The largest absolute Gasteiger partial charge is 0.492 e. The zero-order valence-electron chi connectivity index (χ0n) is 18.6. The lowest BCUT2D eigenvalue weighted by Gasteiger charge is -2.26. The molecule has 0 amide bonds. The first kappa shape index (κ1) is 23.1. The lowest BCUT2D eigenvalue weighted by atomic mass is 10.1. The fourth-order valence-corrected chi connectivity index (χ4v) is 4.08. The summed E-state index contributed by atoms with van der Waals surface area (Å²) < 4.78 is 13.4. The average Bonchev–Trinajstić information content (AvgIpc) is 3.27. The van der Waals surface area contributed by atoms with Crippen LogP contribution in [0.1, 0.15) is 38.4 Å². The van der Waals surface area contributed by atoms with Gasteiger partial charge >= 0.3 is 0 Å². The van der Waals surface area contributed by atoms with Crippen molar-refractivity contribution in [3.05, 3.63) is 47.9 Å². The normalized spacial score (nSPS) is 14.5. The number of pyridine rings is 1. The molecule has 8 heteroatoms. The molecule has 1 aromatic carbocycles. The van der Waals surface area contributed by atoms with Crippen LogP contribution in [0, 0.1) is 6.92 Å². The highest BCUT2D eigenvalue weighted by Crippen LogP contribution is 2.27. The first-order valence-electron chi connectivity index (χ1n) is 11.3. The number of morpholine rings is 1. The Hall–Kier alpha value is -3.10. The van der Waals surface area contributed by atoms with Gasteiger partial charge in [0.15, 0.2) is 11.5 Å². The third-order valence-electron chi connectivity index (χ3n) is 5.80. The number of unbranched alkanes of at least 4 members (excludes halogenated alkanes) is 1. The van der Waals surface area contributed by atoms with Gasteiger partial charge in [0.25, 0.3) is 0 Å². The Labute approximate surface area is 194 Å². The van der Waals surface area contributed by atoms with Crippen LogP contribution < -0.4 is 4.74 Å². The number of fused-ring (bicyclic) bond motifs is 3. The number of aromatic nitrogens is 5. The van der Waals surface area contributed by atoms with Crippen molar-refractivity contribution < 1.29 is 9.47 Å². The molecule has 5 rings (SSSR count). The first-order valence-corrected chi connectivity index (χ1v) is 11.3. The summed E-state index contributed by atoms with van der Waals surface area (Å²) in [5.41, 5.74) is 5.63. The second kappa shape index (κ2) is 10.2. The number of hydrogen-bond acceptors (Lipinski definition) is 7. The molecule has 0 N–H and O–H groups in total. The van der Waals surface area contributed by atoms with Gasteiger partial charge in [-0.1, -0.05) is 26.8 Å². The Morgan fingerprint density at radius 2 is 1.94 bits per heavy atom. The summed E-state index contributed by atoms with van der Waals surface area (Å²) in [4.78, 5) is 11.6. The Bertz CT molecular complexity index is 1230. The molecule has 0 spiro atoms. The molecule has 0 bridgehead atoms. The van der Waals surface area contributed by atoms with E-state index in [2.05, 4.69) is 49.6 Å². The van der Waals surface area contributed by atoms with E-state index < -0.39 is 0 Å². The van der Waals surface area contributed by atoms with Crippen molar-refractivity contribution in [2.45, 2.75) is 40.7 Å². The monoisotopic (exact) mass is 448 g/mol. The van der Waals surface area contributed by atoms with Gasteiger partial charge in [-0.25, -0.2) is 4.98 Å². The molecule has 0 saturated carbocycles. The van der Waals surface area contributed by atoms with Crippen LogP contribution in [0.25, 0.3) is 28.1 Å². The van der Waals surface area contributed by atoms with Gasteiger partial charge in [-0.15, -0.1) is 10.2 Å². The summed E-state index contributed by atoms with van der Waals surface area (Å²) >= 11 is 0. The lowest BCUT2D eigenvalue weighted by Crippen LogP contribution is -2.35. The number of nitrogens with zero attached hydrogens (tertiary/aromatic N) is 6. The van der Waals surface area contributed by atoms with Crippen molar-refractivity contribution in [3.63, 3.8) is 0 Å². The van der Waals surface area contributed by atoms with Crippen molar-refractivity contribution in [1.82, 2.24) is 29.5 Å². The maximum atomic E-state index is 5.86. The molecule has 0 unspecified atom stereocenters. The lowest BCUT2D eigenvalue weighted by molar-refractivity contribution is 0.0342. The SMILES string of the molecule is C.CCCCOc1cncc(-c2nnc3c(C)nc4ccc(CN5CCOCC5)cc4n23)c1. The van der Waals surface area contributed by atoms with E-state index in [0.29, 0.717) is 6.61 Å². The predicted molar refractivity (Wildman–Crippen MR) is 129 cm³/mol. The van der Waals surface area contributed by atoms with Crippen molar-refractivity contribution in [3.8, 4) is 17.1 Å². The minimum Gasteiger partial charge on any atom is -0.492 e. The van der Waals surface area contributed by atoms with Crippen LogP contribution in [0.3, 0.4) is 0 Å². The van der Waals surface area contributed by atoms with Crippen LogP contribution in [0.15, 0.2) is 36.7 Å². The van der Waals surface area contributed by atoms with E-state index in [-0.39, 0.29) is 7.43 Å². The number of hydrogen-bond donors (Lipinski definition) is 0. The molecule has 8 nitrogen and oxygen atoms in total. The number of aryl methyl sites for hydroxylation is 1. The molecule has 1 fully saturated rings. The third-order valence-corrected chi connectivity index (χ3v) is 5.80. The Morgan fingerprint density at radius 3 is 2.76 bits per heavy atom. The molecule has 1 saturated heterocycles. The van der Waals surface area contributed by atoms with Crippen molar-refractivity contribution in [2.75, 3.05) is 32.9 Å². The molecule has 174 valence electrons. The van der Waals surface area contributed by atoms with E-state index in [9.17, 15) is 0 Å². The predicted octanol–water partition coefficient (Wildman–Crippen LogP) is 4.30. The van der Waals surface area contributed by atoms with E-state index in [1.54, 1.807) is 6.20 Å². The Balaban J connectivity index is 0.00000259. The Kier molecular flexibility index (Phi) is 7.15. The molecule has 3 aromatic heterocycles. The fourth-order valence-electron chi connectivity index (χ4n) is 4.08. The number of rotatable bonds is 7. The summed E-state index contributed by atoms with van der Waals surface area (Å²) in [7, 11) is 0. The van der Waals surface area contributed by atoms with Gasteiger partial charge in [-0.3, -0.25) is 14.3 Å². The van der Waals surface area contributed by atoms with Crippen molar-refractivity contribution >= 4 is 16.7 Å². The quantitative estimate of drug-likeness (QED) is 0.390. The van der Waals surface area contributed by atoms with Gasteiger partial charge in [0.2, 0.25) is 0 Å².